The second-order valence-electron chi connectivity index (χ2n) is 18.8. The number of thiophene rings is 4. The number of rotatable bonds is 25. The molecule has 0 N–H and O–H groups in total. The van der Waals surface area contributed by atoms with Crippen LogP contribution >= 0.6 is 108 Å². The van der Waals surface area contributed by atoms with Crippen molar-refractivity contribution in [3.05, 3.63) is 95.7 Å². The minimum Gasteiger partial charge on any atom is 0 e. The van der Waals surface area contributed by atoms with Gasteiger partial charge in [-0.25, -0.2) is 0 Å². The van der Waals surface area contributed by atoms with E-state index in [0.717, 1.165) is 77.8 Å². The summed E-state index contributed by atoms with van der Waals surface area (Å²) in [4.78, 5) is 3.60. The van der Waals surface area contributed by atoms with Gasteiger partial charge >= 0.3 is 123 Å². The summed E-state index contributed by atoms with van der Waals surface area (Å²) < 4.78 is 25.5. The van der Waals surface area contributed by atoms with E-state index in [-0.39, 0.29) is 20.4 Å². The normalized spacial score (nSPS) is 12.4. The first kappa shape index (κ1) is 61.3. The van der Waals surface area contributed by atoms with Gasteiger partial charge < -0.3 is 0 Å². The van der Waals surface area contributed by atoms with E-state index in [0.29, 0.717) is 5.02 Å². The molecule has 8 aromatic rings. The molecule has 2 aromatic carbocycles. The Morgan fingerprint density at radius 3 is 1.46 bits per heavy atom. The Morgan fingerprint density at radius 1 is 0.535 bits per heavy atom. The molecule has 2 unspecified atom stereocenters. The zero-order valence-corrected chi connectivity index (χ0v) is 55.1. The molecule has 388 valence electrons. The smallest absolute Gasteiger partial charge is 0 e. The Labute approximate surface area is 486 Å². The third-order valence-corrected chi connectivity index (χ3v) is 38.6. The standard InChI is InChI=1S/C22H23ClN2S3.C18H20BrClN2S2.C4H3S.3C4H9.Pd.Sn/c1-3-5-7-14(4-2)10-15-11-19(27-13-15)16-12-17(23)20(18-8-6-9-26-18)22-21(16)24-28-25-22;1-3-5-6-11(4-2)7-12-8-15(23-10-12)13-9-14(20)16(19)18-17(13)21-24-22-18;1-2-4-5-3-1;3*1-3-4-2;;/h6,8-9,11-14H,3-5,7,10H2,1-2H3;8-11H,3-7H2,1-2H3;1-3H;3*1,3-4H2,2H3;;. The fraction of sp³-hybridized carbons (Fsp3) is 0.500. The van der Waals surface area contributed by atoms with Gasteiger partial charge in [0.2, 0.25) is 0 Å². The summed E-state index contributed by atoms with van der Waals surface area (Å²) >= 11 is 24.4. The number of hydrogen-bond donors (Lipinski definition) is 0. The van der Waals surface area contributed by atoms with Crippen LogP contribution in [0.2, 0.25) is 23.4 Å². The molecular formula is C56H73BrCl2N4PdS6Sn. The molecule has 0 saturated carbocycles. The summed E-state index contributed by atoms with van der Waals surface area (Å²) in [5, 5.41) is 10.4. The van der Waals surface area contributed by atoms with E-state index in [1.54, 1.807) is 47.3 Å². The van der Waals surface area contributed by atoms with Crippen molar-refractivity contribution in [3.8, 4) is 31.3 Å². The number of aromatic nitrogens is 4. The van der Waals surface area contributed by atoms with Gasteiger partial charge in [0.25, 0.3) is 0 Å². The fourth-order valence-electron chi connectivity index (χ4n) is 9.49. The van der Waals surface area contributed by atoms with E-state index in [1.165, 1.54) is 134 Å². The van der Waals surface area contributed by atoms with Gasteiger partial charge in [0, 0.05) is 51.7 Å². The molecule has 0 bridgehead atoms. The molecule has 6 heterocycles. The van der Waals surface area contributed by atoms with Gasteiger partial charge in [-0.3, -0.25) is 0 Å². The zero-order valence-electron chi connectivity index (χ0n) is 42.7. The van der Waals surface area contributed by atoms with Crippen LogP contribution < -0.4 is 2.89 Å². The van der Waals surface area contributed by atoms with Crippen LogP contribution in [0.3, 0.4) is 0 Å². The number of benzene rings is 2. The third-order valence-electron chi connectivity index (χ3n) is 13.7. The van der Waals surface area contributed by atoms with Crippen LogP contribution in [-0.4, -0.2) is 35.9 Å². The Hall–Kier alpha value is -0.599. The summed E-state index contributed by atoms with van der Waals surface area (Å²) in [6, 6.07) is 17.6. The monoisotopic (exact) mass is 1370 g/mol. The molecule has 71 heavy (non-hydrogen) atoms. The largest absolute Gasteiger partial charge is 0 e. The van der Waals surface area contributed by atoms with E-state index in [2.05, 4.69) is 151 Å². The van der Waals surface area contributed by atoms with Gasteiger partial charge in [-0.2, -0.15) is 17.5 Å². The van der Waals surface area contributed by atoms with Crippen LogP contribution in [-0.2, 0) is 33.3 Å². The molecule has 0 aliphatic heterocycles. The number of hydrogen-bond acceptors (Lipinski definition) is 10. The molecule has 6 aromatic heterocycles. The van der Waals surface area contributed by atoms with E-state index < -0.39 is 18.4 Å². The van der Waals surface area contributed by atoms with Gasteiger partial charge in [0.15, 0.2) is 0 Å². The predicted molar refractivity (Wildman–Crippen MR) is 325 cm³/mol. The van der Waals surface area contributed by atoms with Crippen LogP contribution in [0.15, 0.2) is 74.5 Å². The minimum atomic E-state index is -2.01. The van der Waals surface area contributed by atoms with E-state index >= 15 is 0 Å². The third kappa shape index (κ3) is 16.9. The van der Waals surface area contributed by atoms with Gasteiger partial charge in [-0.15, -0.1) is 34.0 Å². The maximum absolute atomic E-state index is 6.73. The Bertz CT molecular complexity index is 2710. The SMILES string of the molecule is CCCCC(CC)Cc1csc(-c2cc(Cl)c(-c3cccs3)c3nsnc23)c1.CCCCC(CC)Cc1csc(-c2cc(Cl)c(Br)c3nsnc23)c1.CCC[CH2][Sn]([CH2]CCC)([CH2]CCC)[c]1cccs1.[Pd]. The molecule has 0 aliphatic rings. The van der Waals surface area contributed by atoms with Crippen molar-refractivity contribution in [3.63, 3.8) is 0 Å². The van der Waals surface area contributed by atoms with E-state index in [1.807, 2.05) is 15.0 Å². The van der Waals surface area contributed by atoms with Crippen LogP contribution in [0.4, 0.5) is 0 Å². The molecule has 2 atom stereocenters. The Kier molecular flexibility index (Phi) is 27.8. The van der Waals surface area contributed by atoms with Crippen molar-refractivity contribution in [1.82, 2.24) is 17.5 Å². The average Bonchev–Trinajstić information content (AvgIpc) is 4.24. The second kappa shape index (κ2) is 32.2. The topological polar surface area (TPSA) is 51.6 Å². The average molecular weight is 1370 g/mol. The van der Waals surface area contributed by atoms with E-state index in [9.17, 15) is 0 Å². The molecule has 0 saturated heterocycles. The van der Waals surface area contributed by atoms with Crippen LogP contribution in [0.1, 0.15) is 149 Å². The first-order chi connectivity index (χ1) is 34.1. The van der Waals surface area contributed by atoms with Gasteiger partial charge in [-0.05, 0) is 98.2 Å². The van der Waals surface area contributed by atoms with E-state index in [4.69, 9.17) is 23.2 Å². The maximum atomic E-state index is 6.73. The first-order valence-electron chi connectivity index (χ1n) is 25.9. The van der Waals surface area contributed by atoms with Gasteiger partial charge in [0.05, 0.1) is 38.0 Å². The van der Waals surface area contributed by atoms with Gasteiger partial charge in [0.1, 0.15) is 22.1 Å². The molecule has 0 radical (unpaired) electrons. The molecule has 0 fully saturated rings. The van der Waals surface area contributed by atoms with Crippen molar-refractivity contribution >= 4 is 151 Å². The van der Waals surface area contributed by atoms with Crippen molar-refractivity contribution in [2.45, 2.75) is 165 Å². The molecule has 0 amide bonds. The number of halogens is 3. The van der Waals surface area contributed by atoms with Crippen molar-refractivity contribution in [1.29, 1.82) is 0 Å². The van der Waals surface area contributed by atoms with Crippen LogP contribution in [0.25, 0.3) is 53.4 Å². The molecule has 8 rings (SSSR count). The van der Waals surface area contributed by atoms with Crippen LogP contribution in [0.5, 0.6) is 0 Å². The van der Waals surface area contributed by atoms with Crippen LogP contribution in [0, 0.1) is 11.8 Å². The Morgan fingerprint density at radius 2 is 1.00 bits per heavy atom. The second-order valence-corrected chi connectivity index (χ2v) is 39.4. The Balaban J connectivity index is 0.000000202. The summed E-state index contributed by atoms with van der Waals surface area (Å²) in [6.45, 7) is 16.2. The van der Waals surface area contributed by atoms with Crippen molar-refractivity contribution in [2.75, 3.05) is 0 Å². The summed E-state index contributed by atoms with van der Waals surface area (Å²) in [7, 11) is 0. The summed E-state index contributed by atoms with van der Waals surface area (Å²) in [5.41, 5.74) is 9.72. The zero-order chi connectivity index (χ0) is 49.9. The molecular weight excluding hydrogens is 1300 g/mol. The first-order valence-corrected chi connectivity index (χ1v) is 39.9. The predicted octanol–water partition coefficient (Wildman–Crippen LogP) is 22.0. The summed E-state index contributed by atoms with van der Waals surface area (Å²) in [6.07, 6.45) is 21.2. The molecule has 4 nitrogen and oxygen atoms in total. The van der Waals surface area contributed by atoms with Gasteiger partial charge in [-0.1, -0.05) is 108 Å². The minimum absolute atomic E-state index is 0. The molecule has 15 heteroatoms. The van der Waals surface area contributed by atoms with Crippen molar-refractivity contribution in [2.24, 2.45) is 11.8 Å². The van der Waals surface area contributed by atoms with Crippen molar-refractivity contribution < 1.29 is 20.4 Å². The fourth-order valence-corrected chi connectivity index (χ4v) is 34.2. The maximum Gasteiger partial charge on any atom is 0 e. The quantitative estimate of drug-likeness (QED) is 0.0535. The number of fused-ring (bicyclic) bond motifs is 2. The molecule has 0 aliphatic carbocycles. The number of nitrogens with zero attached hydrogens (tertiary/aromatic N) is 4. The summed E-state index contributed by atoms with van der Waals surface area (Å²) in [5.74, 6) is 1.55. The number of unbranched alkanes of at least 4 members (excludes halogenated alkanes) is 5. The molecule has 0 spiro atoms.